The molecule has 8 heteroatoms. The molecule has 0 aliphatic carbocycles. The van der Waals surface area contributed by atoms with Crippen LogP contribution in [0.25, 0.3) is 0 Å². The van der Waals surface area contributed by atoms with Crippen LogP contribution in [0.4, 0.5) is 0 Å². The van der Waals surface area contributed by atoms with Gasteiger partial charge < -0.3 is 0 Å². The molecule has 4 aliphatic rings. The minimum Gasteiger partial charge on any atom is -0.299 e. The van der Waals surface area contributed by atoms with Crippen LogP contribution in [0, 0.1) is 0 Å². The first kappa shape index (κ1) is 35.7. The van der Waals surface area contributed by atoms with Gasteiger partial charge in [0.15, 0.2) is 0 Å². The Morgan fingerprint density at radius 3 is 0.771 bits per heavy atom. The highest BCUT2D eigenvalue weighted by atomic mass is 15.2. The summed E-state index contributed by atoms with van der Waals surface area (Å²) in [7, 11) is 8.74. The zero-order chi connectivity index (χ0) is 33.6. The minimum atomic E-state index is 0.610. The van der Waals surface area contributed by atoms with Gasteiger partial charge in [-0.25, -0.2) is 0 Å². The number of nitrogens with zero attached hydrogens (tertiary/aromatic N) is 8. The third kappa shape index (κ3) is 10.2. The van der Waals surface area contributed by atoms with Crippen molar-refractivity contribution in [1.82, 2.24) is 39.5 Å². The van der Waals surface area contributed by atoms with Crippen molar-refractivity contribution < 1.29 is 0 Å². The first-order chi connectivity index (χ1) is 23.5. The normalized spacial score (nSPS) is 24.6. The van der Waals surface area contributed by atoms with E-state index in [2.05, 4.69) is 92.0 Å². The molecule has 48 heavy (non-hydrogen) atoms. The maximum Gasteiger partial charge on any atom is 0.0360 e. The topological polar surface area (TPSA) is 64.5 Å². The van der Waals surface area contributed by atoms with Gasteiger partial charge in [-0.1, -0.05) is 24.3 Å². The highest BCUT2D eigenvalue weighted by Gasteiger charge is 2.24. The van der Waals surface area contributed by atoms with Gasteiger partial charge in [0.05, 0.1) is 0 Å². The van der Waals surface area contributed by atoms with Gasteiger partial charge >= 0.3 is 0 Å². The first-order valence-electron chi connectivity index (χ1n) is 17.9. The minimum absolute atomic E-state index is 0.610. The molecule has 0 spiro atoms. The third-order valence-corrected chi connectivity index (χ3v) is 10.4. The predicted octanol–water partition coefficient (Wildman–Crippen LogP) is 7.39. The van der Waals surface area contributed by atoms with Crippen LogP contribution < -0.4 is 0 Å². The summed E-state index contributed by atoms with van der Waals surface area (Å²) >= 11 is 0. The molecule has 4 fully saturated rings. The van der Waals surface area contributed by atoms with Crippen molar-refractivity contribution in [3.05, 3.63) is 120 Å². The Bertz CT molecular complexity index is 1200. The largest absolute Gasteiger partial charge is 0.299 e. The van der Waals surface area contributed by atoms with Gasteiger partial charge in [-0.2, -0.15) is 0 Å². The van der Waals surface area contributed by atoms with Gasteiger partial charge in [0.1, 0.15) is 0 Å². The van der Waals surface area contributed by atoms with Gasteiger partial charge in [-0.3, -0.25) is 39.5 Å². The molecule has 0 radical (unpaired) electrons. The lowest BCUT2D eigenvalue weighted by Crippen LogP contribution is -2.17. The first-order valence-corrected chi connectivity index (χ1v) is 17.9. The molecule has 0 amide bonds. The smallest absolute Gasteiger partial charge is 0.0360 e. The lowest BCUT2D eigenvalue weighted by Gasteiger charge is -2.18. The number of likely N-dealkylation sites (tertiary alicyclic amines) is 4. The van der Waals surface area contributed by atoms with Crippen LogP contribution in [-0.2, 0) is 0 Å². The molecule has 4 aromatic heterocycles. The van der Waals surface area contributed by atoms with E-state index in [1.54, 1.807) is 0 Å². The summed E-state index contributed by atoms with van der Waals surface area (Å²) < 4.78 is 0. The summed E-state index contributed by atoms with van der Waals surface area (Å²) in [6.45, 7) is 4.89. The highest BCUT2D eigenvalue weighted by molar-refractivity contribution is 5.17. The predicted molar refractivity (Wildman–Crippen MR) is 195 cm³/mol. The van der Waals surface area contributed by atoms with Crippen molar-refractivity contribution in [2.24, 2.45) is 0 Å². The standard InChI is InChI=1S/4C10H14N2/c4*1-12-7-3-5-10(12)9-4-2-6-11-8-9/h4*2,4,6,8,10H,3,5,7H2,1H3. The Morgan fingerprint density at radius 1 is 0.396 bits per heavy atom. The number of aromatic nitrogens is 4. The van der Waals surface area contributed by atoms with E-state index in [9.17, 15) is 0 Å². The summed E-state index contributed by atoms with van der Waals surface area (Å²) in [6, 6.07) is 19.2. The molecule has 4 saturated heterocycles. The Kier molecular flexibility index (Phi) is 14.0. The van der Waals surface area contributed by atoms with Gasteiger partial charge in [-0.05, 0) is 152 Å². The summed E-state index contributed by atoms with van der Waals surface area (Å²) in [4.78, 5) is 26.1. The van der Waals surface area contributed by atoms with E-state index < -0.39 is 0 Å². The van der Waals surface area contributed by atoms with Gasteiger partial charge in [0, 0.05) is 73.7 Å². The molecular weight excluding hydrogens is 592 g/mol. The zero-order valence-corrected chi connectivity index (χ0v) is 29.6. The molecule has 8 nitrogen and oxygen atoms in total. The van der Waals surface area contributed by atoms with Crippen LogP contribution >= 0.6 is 0 Å². The third-order valence-electron chi connectivity index (χ3n) is 10.4. The molecule has 8 heterocycles. The molecule has 4 aliphatic heterocycles. The quantitative estimate of drug-likeness (QED) is 0.227. The lowest BCUT2D eigenvalue weighted by molar-refractivity contribution is 0.317. The second kappa shape index (κ2) is 18.8. The van der Waals surface area contributed by atoms with E-state index in [4.69, 9.17) is 0 Å². The van der Waals surface area contributed by atoms with E-state index in [1.165, 1.54) is 99.8 Å². The maximum atomic E-state index is 4.14. The lowest BCUT2D eigenvalue weighted by atomic mass is 10.1. The van der Waals surface area contributed by atoms with Gasteiger partial charge in [0.25, 0.3) is 0 Å². The zero-order valence-electron chi connectivity index (χ0n) is 29.6. The molecule has 0 N–H and O–H groups in total. The maximum absolute atomic E-state index is 4.14. The van der Waals surface area contributed by atoms with Crippen LogP contribution in [-0.4, -0.2) is 93.9 Å². The van der Waals surface area contributed by atoms with Crippen molar-refractivity contribution in [1.29, 1.82) is 0 Å². The number of rotatable bonds is 4. The van der Waals surface area contributed by atoms with E-state index in [-0.39, 0.29) is 0 Å². The Balaban J connectivity index is 0.000000125. The van der Waals surface area contributed by atoms with Crippen LogP contribution in [0.2, 0.25) is 0 Å². The monoisotopic (exact) mass is 648 g/mol. The molecule has 8 rings (SSSR count). The summed E-state index contributed by atoms with van der Waals surface area (Å²) in [5.41, 5.74) is 5.44. The molecule has 4 atom stereocenters. The van der Waals surface area contributed by atoms with Crippen LogP contribution in [0.1, 0.15) is 97.8 Å². The van der Waals surface area contributed by atoms with E-state index in [1.807, 2.05) is 73.8 Å². The average Bonchev–Trinajstić information content (AvgIpc) is 3.96. The van der Waals surface area contributed by atoms with Gasteiger partial charge in [0.2, 0.25) is 0 Å². The van der Waals surface area contributed by atoms with E-state index >= 15 is 0 Å². The number of pyridine rings is 4. The van der Waals surface area contributed by atoms with Crippen molar-refractivity contribution in [2.45, 2.75) is 75.5 Å². The fraction of sp³-hybridized carbons (Fsp3) is 0.500. The summed E-state index contributed by atoms with van der Waals surface area (Å²) in [5.74, 6) is 0. The molecule has 256 valence electrons. The Hall–Kier alpha value is -3.56. The molecule has 4 aromatic rings. The SMILES string of the molecule is CN1CCCC1c1cccnc1.CN1CCCC1c1cccnc1.CN1CCCC1c1cccnc1.CN1CCCC1c1cccnc1. The second-order valence-electron chi connectivity index (χ2n) is 13.7. The van der Waals surface area contributed by atoms with Crippen LogP contribution in [0.15, 0.2) is 98.1 Å². The van der Waals surface area contributed by atoms with E-state index in [0.717, 1.165) is 0 Å². The van der Waals surface area contributed by atoms with E-state index in [0.29, 0.717) is 24.2 Å². The molecule has 0 saturated carbocycles. The van der Waals surface area contributed by atoms with Crippen molar-refractivity contribution >= 4 is 0 Å². The fourth-order valence-electron chi connectivity index (χ4n) is 7.62. The Morgan fingerprint density at radius 2 is 0.625 bits per heavy atom. The second-order valence-corrected chi connectivity index (χ2v) is 13.7. The van der Waals surface area contributed by atoms with Crippen molar-refractivity contribution in [3.63, 3.8) is 0 Å². The highest BCUT2D eigenvalue weighted by Crippen LogP contribution is 2.31. The molecule has 4 unspecified atom stereocenters. The summed E-state index contributed by atoms with van der Waals surface area (Å²) in [6.07, 6.45) is 25.6. The van der Waals surface area contributed by atoms with Crippen molar-refractivity contribution in [2.75, 3.05) is 54.4 Å². The fourth-order valence-corrected chi connectivity index (χ4v) is 7.62. The van der Waals surface area contributed by atoms with Crippen LogP contribution in [0.5, 0.6) is 0 Å². The number of hydrogen-bond donors (Lipinski definition) is 0. The molecule has 0 aromatic carbocycles. The van der Waals surface area contributed by atoms with Crippen molar-refractivity contribution in [3.8, 4) is 0 Å². The van der Waals surface area contributed by atoms with Crippen LogP contribution in [0.3, 0.4) is 0 Å². The summed E-state index contributed by atoms with van der Waals surface area (Å²) in [5, 5.41) is 0. The van der Waals surface area contributed by atoms with Gasteiger partial charge in [-0.15, -0.1) is 0 Å². The number of hydrogen-bond acceptors (Lipinski definition) is 8. The molecular formula is C40H56N8. The molecule has 0 bridgehead atoms. The Labute approximate surface area is 289 Å². The average molecular weight is 649 g/mol.